The third-order valence-electron chi connectivity index (χ3n) is 3.07. The van der Waals surface area contributed by atoms with Crippen molar-refractivity contribution in [1.29, 1.82) is 0 Å². The molecule has 1 aromatic carbocycles. The number of amidine groups is 1. The van der Waals surface area contributed by atoms with Gasteiger partial charge < -0.3 is 9.64 Å². The summed E-state index contributed by atoms with van der Waals surface area (Å²) in [5, 5.41) is 4.39. The van der Waals surface area contributed by atoms with E-state index >= 15 is 0 Å². The number of carbonyl (C=O) groups is 2. The van der Waals surface area contributed by atoms with Crippen LogP contribution in [0.25, 0.3) is 0 Å². The van der Waals surface area contributed by atoms with Crippen LogP contribution in [0.2, 0.25) is 5.02 Å². The number of ether oxygens (including phenoxy) is 1. The third-order valence-corrected chi connectivity index (χ3v) is 3.31. The molecule has 0 fully saturated rings. The normalized spacial score (nSPS) is 14.1. The van der Waals surface area contributed by atoms with Gasteiger partial charge in [0.25, 0.3) is 5.91 Å². The summed E-state index contributed by atoms with van der Waals surface area (Å²) in [5.41, 5.74) is 3.53. The number of anilines is 1. The molecule has 1 amide bonds. The smallest absolute Gasteiger partial charge is 0.376 e. The Bertz CT molecular complexity index is 631. The van der Waals surface area contributed by atoms with Gasteiger partial charge in [-0.05, 0) is 32.3 Å². The van der Waals surface area contributed by atoms with E-state index in [1.54, 1.807) is 12.1 Å². The molecule has 0 radical (unpaired) electrons. The molecule has 0 atom stereocenters. The molecule has 0 spiro atoms. The zero-order chi connectivity index (χ0) is 16.3. The standard InChI is InChI=1S/C14H17ClN4O3/c1-18(2)6-7-22-14(21)12-17-16-11-5-4-9(15)8-10(11)13(20)19(12)3/h4-5,8,16H,6-7H2,1-3H3. The summed E-state index contributed by atoms with van der Waals surface area (Å²) in [4.78, 5) is 27.5. The van der Waals surface area contributed by atoms with Crippen molar-refractivity contribution >= 4 is 35.0 Å². The van der Waals surface area contributed by atoms with Crippen LogP contribution in [0.1, 0.15) is 10.4 Å². The summed E-state index contributed by atoms with van der Waals surface area (Å²) in [6.07, 6.45) is 0. The van der Waals surface area contributed by atoms with Gasteiger partial charge in [0.1, 0.15) is 6.61 Å². The maximum Gasteiger partial charge on any atom is 0.376 e. The van der Waals surface area contributed by atoms with Gasteiger partial charge in [-0.1, -0.05) is 11.6 Å². The molecule has 1 aliphatic rings. The van der Waals surface area contributed by atoms with E-state index in [1.807, 2.05) is 19.0 Å². The second kappa shape index (κ2) is 6.76. The van der Waals surface area contributed by atoms with Crippen LogP contribution in [0.3, 0.4) is 0 Å². The number of amides is 1. The van der Waals surface area contributed by atoms with Crippen LogP contribution in [0.5, 0.6) is 0 Å². The lowest BCUT2D eigenvalue weighted by atomic mass is 10.1. The second-order valence-electron chi connectivity index (χ2n) is 5.04. The van der Waals surface area contributed by atoms with Crippen molar-refractivity contribution in [2.75, 3.05) is 39.7 Å². The number of benzene rings is 1. The van der Waals surface area contributed by atoms with Gasteiger partial charge in [-0.25, -0.2) is 4.79 Å². The largest absolute Gasteiger partial charge is 0.458 e. The molecule has 1 heterocycles. The van der Waals surface area contributed by atoms with Crippen LogP contribution >= 0.6 is 11.6 Å². The highest BCUT2D eigenvalue weighted by Crippen LogP contribution is 2.24. The van der Waals surface area contributed by atoms with Gasteiger partial charge >= 0.3 is 5.97 Å². The highest BCUT2D eigenvalue weighted by atomic mass is 35.5. The van der Waals surface area contributed by atoms with Crippen LogP contribution in [0, 0.1) is 0 Å². The van der Waals surface area contributed by atoms with Gasteiger partial charge in [-0.2, -0.15) is 0 Å². The molecule has 1 N–H and O–H groups in total. The summed E-state index contributed by atoms with van der Waals surface area (Å²) in [7, 11) is 5.20. The number of hydrogen-bond donors (Lipinski definition) is 1. The van der Waals surface area contributed by atoms with E-state index in [0.29, 0.717) is 22.8 Å². The van der Waals surface area contributed by atoms with E-state index in [9.17, 15) is 9.59 Å². The number of halogens is 1. The summed E-state index contributed by atoms with van der Waals surface area (Å²) >= 11 is 5.91. The number of esters is 1. The third kappa shape index (κ3) is 3.55. The first kappa shape index (κ1) is 16.3. The van der Waals surface area contributed by atoms with Gasteiger partial charge in [0.05, 0.1) is 11.3 Å². The molecule has 0 bridgehead atoms. The van der Waals surface area contributed by atoms with Crippen molar-refractivity contribution in [2.24, 2.45) is 5.10 Å². The van der Waals surface area contributed by atoms with Gasteiger partial charge in [-0.15, -0.1) is 5.10 Å². The highest BCUT2D eigenvalue weighted by molar-refractivity contribution is 6.39. The number of nitrogens with one attached hydrogen (secondary N) is 1. The zero-order valence-electron chi connectivity index (χ0n) is 12.6. The summed E-state index contributed by atoms with van der Waals surface area (Å²) in [5.74, 6) is -1.15. The van der Waals surface area contributed by atoms with E-state index in [1.165, 1.54) is 13.1 Å². The maximum atomic E-state index is 12.4. The van der Waals surface area contributed by atoms with Crippen molar-refractivity contribution in [3.8, 4) is 0 Å². The number of fused-ring (bicyclic) bond motifs is 1. The van der Waals surface area contributed by atoms with Crippen molar-refractivity contribution < 1.29 is 14.3 Å². The predicted molar refractivity (Wildman–Crippen MR) is 84.1 cm³/mol. The molecule has 0 saturated carbocycles. The Morgan fingerprint density at radius 2 is 2.18 bits per heavy atom. The van der Waals surface area contributed by atoms with Crippen LogP contribution in [0.4, 0.5) is 5.69 Å². The summed E-state index contributed by atoms with van der Waals surface area (Å²) < 4.78 is 5.12. The number of carbonyl (C=O) groups excluding carboxylic acids is 2. The van der Waals surface area contributed by atoms with E-state index in [2.05, 4.69) is 10.5 Å². The fourth-order valence-corrected chi connectivity index (χ4v) is 2.00. The molecule has 22 heavy (non-hydrogen) atoms. The Hall–Kier alpha value is -2.12. The monoisotopic (exact) mass is 324 g/mol. The lowest BCUT2D eigenvalue weighted by Gasteiger charge is -2.16. The van der Waals surface area contributed by atoms with Crippen molar-refractivity contribution in [1.82, 2.24) is 9.80 Å². The Morgan fingerprint density at radius 1 is 1.45 bits per heavy atom. The SMILES string of the molecule is CN(C)CCOC(=O)C1=NNc2ccc(Cl)cc2C(=O)N1C. The average molecular weight is 325 g/mol. The maximum absolute atomic E-state index is 12.4. The molecular weight excluding hydrogens is 308 g/mol. The molecule has 7 nitrogen and oxygen atoms in total. The molecular formula is C14H17ClN4O3. The van der Waals surface area contributed by atoms with E-state index in [0.717, 1.165) is 4.90 Å². The summed E-state index contributed by atoms with van der Waals surface area (Å²) in [6.45, 7) is 0.797. The molecule has 0 aromatic heterocycles. The van der Waals surface area contributed by atoms with Crippen LogP contribution in [-0.2, 0) is 9.53 Å². The number of hydrogen-bond acceptors (Lipinski definition) is 6. The number of rotatable bonds is 4. The minimum absolute atomic E-state index is 0.101. The molecule has 1 aromatic rings. The van der Waals surface area contributed by atoms with Gasteiger partial charge in [0, 0.05) is 18.6 Å². The number of nitrogens with zero attached hydrogens (tertiary/aromatic N) is 3. The van der Waals surface area contributed by atoms with E-state index in [-0.39, 0.29) is 18.3 Å². The van der Waals surface area contributed by atoms with Gasteiger partial charge in [-0.3, -0.25) is 15.1 Å². The van der Waals surface area contributed by atoms with Crippen LogP contribution < -0.4 is 5.43 Å². The molecule has 1 aliphatic heterocycles. The lowest BCUT2D eigenvalue weighted by Crippen LogP contribution is -2.39. The topological polar surface area (TPSA) is 74.2 Å². The first-order valence-electron chi connectivity index (χ1n) is 6.63. The Kier molecular flexibility index (Phi) is 4.99. The fourth-order valence-electron chi connectivity index (χ4n) is 1.82. The van der Waals surface area contributed by atoms with Crippen LogP contribution in [0.15, 0.2) is 23.3 Å². The quantitative estimate of drug-likeness (QED) is 0.844. The minimum atomic E-state index is -0.663. The predicted octanol–water partition coefficient (Wildman–Crippen LogP) is 1.26. The van der Waals surface area contributed by atoms with Crippen molar-refractivity contribution in [2.45, 2.75) is 0 Å². The zero-order valence-corrected chi connectivity index (χ0v) is 13.3. The average Bonchev–Trinajstić information content (AvgIpc) is 2.58. The second-order valence-corrected chi connectivity index (χ2v) is 5.48. The van der Waals surface area contributed by atoms with Crippen molar-refractivity contribution in [3.63, 3.8) is 0 Å². The Morgan fingerprint density at radius 3 is 2.86 bits per heavy atom. The lowest BCUT2D eigenvalue weighted by molar-refractivity contribution is -0.136. The van der Waals surface area contributed by atoms with Gasteiger partial charge in [0.2, 0.25) is 5.84 Å². The summed E-state index contributed by atoms with van der Waals surface area (Å²) in [6, 6.07) is 4.79. The Balaban J connectivity index is 2.17. The van der Waals surface area contributed by atoms with Crippen LogP contribution in [-0.4, -0.2) is 61.8 Å². The highest BCUT2D eigenvalue weighted by Gasteiger charge is 2.29. The minimum Gasteiger partial charge on any atom is -0.458 e. The molecule has 0 unspecified atom stereocenters. The molecule has 8 heteroatoms. The number of hydrazone groups is 1. The fraction of sp³-hybridized carbons (Fsp3) is 0.357. The molecule has 118 valence electrons. The molecule has 0 saturated heterocycles. The first-order valence-corrected chi connectivity index (χ1v) is 7.01. The molecule has 2 rings (SSSR count). The Labute approximate surface area is 133 Å². The van der Waals surface area contributed by atoms with E-state index in [4.69, 9.17) is 16.3 Å². The van der Waals surface area contributed by atoms with Crippen molar-refractivity contribution in [3.05, 3.63) is 28.8 Å². The number of likely N-dealkylation sites (N-methyl/N-ethyl adjacent to an activating group) is 2. The van der Waals surface area contributed by atoms with E-state index < -0.39 is 5.97 Å². The van der Waals surface area contributed by atoms with Gasteiger partial charge in [0.15, 0.2) is 0 Å². The first-order chi connectivity index (χ1) is 10.4. The molecule has 0 aliphatic carbocycles.